The zero-order valence-electron chi connectivity index (χ0n) is 16.4. The molecule has 1 heterocycles. The molecule has 1 aromatic heterocycles. The van der Waals surface area contributed by atoms with Gasteiger partial charge < -0.3 is 19.2 Å². The van der Waals surface area contributed by atoms with Crippen molar-refractivity contribution in [3.63, 3.8) is 0 Å². The second-order valence-corrected chi connectivity index (χ2v) is 6.34. The molecule has 0 unspecified atom stereocenters. The first-order chi connectivity index (χ1) is 14.6. The maximum atomic E-state index is 12.2. The Labute approximate surface area is 172 Å². The van der Waals surface area contributed by atoms with Crippen molar-refractivity contribution in [2.45, 2.75) is 6.42 Å². The third-order valence-corrected chi connectivity index (χ3v) is 4.27. The lowest BCUT2D eigenvalue weighted by Crippen LogP contribution is -2.29. The number of hydrogen-bond donors (Lipinski definition) is 1. The molecular formula is C23H21NO6. The summed E-state index contributed by atoms with van der Waals surface area (Å²) in [6, 6.07) is 15.8. The Morgan fingerprint density at radius 1 is 1.10 bits per heavy atom. The molecule has 0 atom stereocenters. The van der Waals surface area contributed by atoms with Crippen LogP contribution >= 0.6 is 0 Å². The van der Waals surface area contributed by atoms with Gasteiger partial charge in [0.05, 0.1) is 13.7 Å². The summed E-state index contributed by atoms with van der Waals surface area (Å²) in [6.07, 6.45) is 3.33. The molecule has 0 radical (unpaired) electrons. The second kappa shape index (κ2) is 10.1. The van der Waals surface area contributed by atoms with Crippen LogP contribution < -0.4 is 15.7 Å². The highest BCUT2D eigenvalue weighted by molar-refractivity contribution is 5.96. The van der Waals surface area contributed by atoms with E-state index in [0.717, 1.165) is 5.56 Å². The number of rotatable bonds is 8. The van der Waals surface area contributed by atoms with Gasteiger partial charge in [0.15, 0.2) is 0 Å². The molecule has 0 aliphatic rings. The van der Waals surface area contributed by atoms with Gasteiger partial charge in [-0.3, -0.25) is 4.79 Å². The van der Waals surface area contributed by atoms with E-state index in [1.165, 1.54) is 12.1 Å². The first-order valence-corrected chi connectivity index (χ1v) is 9.37. The summed E-state index contributed by atoms with van der Waals surface area (Å²) < 4.78 is 15.5. The molecule has 0 aliphatic heterocycles. The minimum absolute atomic E-state index is 0.0644. The third-order valence-electron chi connectivity index (χ3n) is 4.27. The monoisotopic (exact) mass is 407 g/mol. The normalized spacial score (nSPS) is 10.8. The van der Waals surface area contributed by atoms with Crippen LogP contribution in [-0.4, -0.2) is 32.1 Å². The van der Waals surface area contributed by atoms with Gasteiger partial charge in [0.1, 0.15) is 16.9 Å². The van der Waals surface area contributed by atoms with Gasteiger partial charge in [-0.05, 0) is 30.7 Å². The number of esters is 1. The summed E-state index contributed by atoms with van der Waals surface area (Å²) in [7, 11) is 1.56. The van der Waals surface area contributed by atoms with E-state index in [2.05, 4.69) is 5.32 Å². The summed E-state index contributed by atoms with van der Waals surface area (Å²) in [5, 5.41) is 3.29. The van der Waals surface area contributed by atoms with Crippen molar-refractivity contribution in [3.05, 3.63) is 82.2 Å². The highest BCUT2D eigenvalue weighted by atomic mass is 16.5. The molecule has 3 rings (SSSR count). The van der Waals surface area contributed by atoms with Crippen LogP contribution in [0.3, 0.4) is 0 Å². The molecule has 0 fully saturated rings. The Kier molecular flexibility index (Phi) is 7.00. The van der Waals surface area contributed by atoms with Crippen molar-refractivity contribution in [2.75, 3.05) is 20.3 Å². The summed E-state index contributed by atoms with van der Waals surface area (Å²) >= 11 is 0. The van der Waals surface area contributed by atoms with Gasteiger partial charge in [-0.2, -0.15) is 0 Å². The Morgan fingerprint density at radius 3 is 2.70 bits per heavy atom. The van der Waals surface area contributed by atoms with Crippen LogP contribution in [-0.2, 0) is 9.53 Å². The molecule has 7 heteroatoms. The Morgan fingerprint density at radius 2 is 1.87 bits per heavy atom. The highest BCUT2D eigenvalue weighted by Gasteiger charge is 2.13. The third kappa shape index (κ3) is 5.35. The van der Waals surface area contributed by atoms with E-state index >= 15 is 0 Å². The predicted octanol–water partition coefficient (Wildman–Crippen LogP) is 3.18. The van der Waals surface area contributed by atoms with Gasteiger partial charge in [-0.15, -0.1) is 0 Å². The van der Waals surface area contributed by atoms with Crippen molar-refractivity contribution < 1.29 is 23.5 Å². The van der Waals surface area contributed by atoms with Crippen LogP contribution in [0.4, 0.5) is 0 Å². The summed E-state index contributed by atoms with van der Waals surface area (Å²) in [5.74, 6) is -0.373. The van der Waals surface area contributed by atoms with Crippen molar-refractivity contribution in [3.8, 4) is 5.75 Å². The van der Waals surface area contributed by atoms with E-state index in [0.29, 0.717) is 23.1 Å². The van der Waals surface area contributed by atoms with E-state index in [4.69, 9.17) is 13.9 Å². The number of methoxy groups -OCH3 is 1. The molecule has 30 heavy (non-hydrogen) atoms. The van der Waals surface area contributed by atoms with E-state index in [-0.39, 0.29) is 18.7 Å². The molecule has 1 amide bonds. The topological polar surface area (TPSA) is 94.8 Å². The zero-order chi connectivity index (χ0) is 21.3. The van der Waals surface area contributed by atoms with E-state index < -0.39 is 17.5 Å². The predicted molar refractivity (Wildman–Crippen MR) is 112 cm³/mol. The molecule has 0 saturated carbocycles. The Balaban J connectivity index is 1.44. The molecule has 1 N–H and O–H groups in total. The average Bonchev–Trinajstić information content (AvgIpc) is 2.77. The van der Waals surface area contributed by atoms with Crippen LogP contribution in [0.15, 0.2) is 69.9 Å². The second-order valence-electron chi connectivity index (χ2n) is 6.34. The van der Waals surface area contributed by atoms with E-state index in [9.17, 15) is 14.4 Å². The first-order valence-electron chi connectivity index (χ1n) is 9.37. The molecule has 2 aromatic carbocycles. The molecule has 0 saturated heterocycles. The van der Waals surface area contributed by atoms with Gasteiger partial charge in [0.25, 0.3) is 5.91 Å². The fraction of sp³-hybridized carbons (Fsp3) is 0.174. The number of carbonyl (C=O) groups excluding carboxylic acids is 2. The van der Waals surface area contributed by atoms with E-state index in [1.54, 1.807) is 43.5 Å². The number of hydrogen-bond acceptors (Lipinski definition) is 6. The number of nitrogens with one attached hydrogen (secondary N) is 1. The van der Waals surface area contributed by atoms with Crippen LogP contribution in [0.5, 0.6) is 5.75 Å². The SMILES string of the molecule is COc1ccccc1C=CC(=O)OCCCNC(=O)c1cc2ccccc2oc1=O. The van der Waals surface area contributed by atoms with Crippen LogP contribution in [0.1, 0.15) is 22.3 Å². The standard InChI is InChI=1S/C23H21NO6/c1-28-19-9-4-2-7-16(19)11-12-21(25)29-14-6-13-24-22(26)18-15-17-8-3-5-10-20(17)30-23(18)27/h2-5,7-12,15H,6,13-14H2,1H3,(H,24,26). The largest absolute Gasteiger partial charge is 0.496 e. The number of carbonyl (C=O) groups is 2. The summed E-state index contributed by atoms with van der Waals surface area (Å²) in [4.78, 5) is 36.0. The van der Waals surface area contributed by atoms with Crippen molar-refractivity contribution in [1.29, 1.82) is 0 Å². The van der Waals surface area contributed by atoms with Crippen molar-refractivity contribution >= 4 is 28.9 Å². The average molecular weight is 407 g/mol. The lowest BCUT2D eigenvalue weighted by molar-refractivity contribution is -0.137. The maximum absolute atomic E-state index is 12.2. The van der Waals surface area contributed by atoms with Gasteiger partial charge in [-0.1, -0.05) is 36.4 Å². The van der Waals surface area contributed by atoms with Gasteiger partial charge in [0, 0.05) is 23.6 Å². The Bertz CT molecular complexity index is 1130. The minimum atomic E-state index is -0.695. The summed E-state index contributed by atoms with van der Waals surface area (Å²) in [5.41, 5.74) is 0.426. The van der Waals surface area contributed by atoms with Crippen molar-refractivity contribution in [1.82, 2.24) is 5.32 Å². The number of benzene rings is 2. The fourth-order valence-corrected chi connectivity index (χ4v) is 2.77. The highest BCUT2D eigenvalue weighted by Crippen LogP contribution is 2.18. The number of para-hydroxylation sites is 2. The Hall–Kier alpha value is -3.87. The quantitative estimate of drug-likeness (QED) is 0.267. The smallest absolute Gasteiger partial charge is 0.349 e. The number of amides is 1. The fourth-order valence-electron chi connectivity index (χ4n) is 2.77. The maximum Gasteiger partial charge on any atom is 0.349 e. The first kappa shape index (κ1) is 20.9. The van der Waals surface area contributed by atoms with Gasteiger partial charge in [-0.25, -0.2) is 9.59 Å². The van der Waals surface area contributed by atoms with Crippen molar-refractivity contribution in [2.24, 2.45) is 0 Å². The summed E-state index contributed by atoms with van der Waals surface area (Å²) in [6.45, 7) is 0.371. The number of ether oxygens (including phenoxy) is 2. The van der Waals surface area contributed by atoms with Crippen LogP contribution in [0.2, 0.25) is 0 Å². The molecule has 0 aliphatic carbocycles. The lowest BCUT2D eigenvalue weighted by Gasteiger charge is -2.06. The van der Waals surface area contributed by atoms with Gasteiger partial charge >= 0.3 is 11.6 Å². The zero-order valence-corrected chi connectivity index (χ0v) is 16.4. The van der Waals surface area contributed by atoms with Crippen LogP contribution in [0.25, 0.3) is 17.0 Å². The van der Waals surface area contributed by atoms with Gasteiger partial charge in [0.2, 0.25) is 0 Å². The minimum Gasteiger partial charge on any atom is -0.496 e. The molecule has 154 valence electrons. The molecule has 7 nitrogen and oxygen atoms in total. The lowest BCUT2D eigenvalue weighted by atomic mass is 10.2. The van der Waals surface area contributed by atoms with Crippen LogP contribution in [0, 0.1) is 0 Å². The molecule has 0 spiro atoms. The number of fused-ring (bicyclic) bond motifs is 1. The van der Waals surface area contributed by atoms with E-state index in [1.807, 2.05) is 18.2 Å². The molecular weight excluding hydrogens is 386 g/mol. The molecule has 0 bridgehead atoms. The molecule has 3 aromatic rings.